The van der Waals surface area contributed by atoms with E-state index in [0.29, 0.717) is 22.3 Å². The average molecular weight is 468 g/mol. The molecule has 6 heteroatoms. The molecule has 32 heavy (non-hydrogen) atoms. The first-order valence-electron chi connectivity index (χ1n) is 10.8. The number of amides is 2. The number of aryl methyl sites for hydroxylation is 1. The summed E-state index contributed by atoms with van der Waals surface area (Å²) in [4.78, 5) is 20.0. The molecule has 0 bridgehead atoms. The topological polar surface area (TPSA) is 45.2 Å². The monoisotopic (exact) mass is 467 g/mol. The van der Waals surface area contributed by atoms with Crippen LogP contribution in [-0.2, 0) is 11.8 Å². The molecule has 1 aliphatic rings. The third-order valence-corrected chi connectivity index (χ3v) is 6.42. The number of aromatic nitrogens is 1. The molecule has 0 saturated carbocycles. The van der Waals surface area contributed by atoms with Crippen LogP contribution in [0.3, 0.4) is 0 Å². The van der Waals surface area contributed by atoms with Gasteiger partial charge in [0.1, 0.15) is 0 Å². The Balaban J connectivity index is 1.73. The van der Waals surface area contributed by atoms with Crippen LogP contribution in [0.15, 0.2) is 60.8 Å². The molecule has 0 fully saturated rings. The zero-order valence-electron chi connectivity index (χ0n) is 18.5. The van der Waals surface area contributed by atoms with Crippen molar-refractivity contribution in [2.45, 2.75) is 45.1 Å². The fraction of sp³-hybridized carbons (Fsp3) is 0.308. The second-order valence-electron chi connectivity index (χ2n) is 9.17. The van der Waals surface area contributed by atoms with Crippen molar-refractivity contribution in [1.29, 1.82) is 0 Å². The van der Waals surface area contributed by atoms with Gasteiger partial charge in [-0.15, -0.1) is 0 Å². The summed E-state index contributed by atoms with van der Waals surface area (Å²) in [5, 5.41) is 3.92. The Labute approximate surface area is 199 Å². The maximum Gasteiger partial charge on any atom is 0.322 e. The van der Waals surface area contributed by atoms with Crippen LogP contribution in [0.2, 0.25) is 10.0 Å². The zero-order chi connectivity index (χ0) is 22.9. The second kappa shape index (κ2) is 9.13. The number of hydrogen-bond donors (Lipinski definition) is 1. The molecule has 2 aromatic carbocycles. The van der Waals surface area contributed by atoms with Crippen LogP contribution in [0, 0.1) is 0 Å². The van der Waals surface area contributed by atoms with Gasteiger partial charge in [0, 0.05) is 29.0 Å². The van der Waals surface area contributed by atoms with Crippen molar-refractivity contribution in [3.8, 4) is 0 Å². The van der Waals surface area contributed by atoms with Gasteiger partial charge in [-0.3, -0.25) is 4.98 Å². The lowest BCUT2D eigenvalue weighted by Crippen LogP contribution is -2.38. The number of halogens is 2. The summed E-state index contributed by atoms with van der Waals surface area (Å²) in [6.07, 6.45) is 3.49. The van der Waals surface area contributed by atoms with E-state index in [1.54, 1.807) is 18.2 Å². The molecule has 1 aliphatic heterocycles. The molecule has 2 amide bonds. The highest BCUT2D eigenvalue weighted by molar-refractivity contribution is 6.36. The van der Waals surface area contributed by atoms with E-state index in [1.165, 1.54) is 5.56 Å². The molecule has 4 rings (SSSR count). The zero-order valence-corrected chi connectivity index (χ0v) is 20.0. The first-order chi connectivity index (χ1) is 15.2. The summed E-state index contributed by atoms with van der Waals surface area (Å²) in [6.45, 7) is 7.20. The van der Waals surface area contributed by atoms with Crippen LogP contribution in [0.5, 0.6) is 0 Å². The van der Waals surface area contributed by atoms with Crippen molar-refractivity contribution in [2.75, 3.05) is 11.9 Å². The van der Waals surface area contributed by atoms with Gasteiger partial charge in [-0.25, -0.2) is 4.79 Å². The fourth-order valence-electron chi connectivity index (χ4n) is 4.14. The minimum absolute atomic E-state index is 0.0594. The van der Waals surface area contributed by atoms with Gasteiger partial charge in [0.2, 0.25) is 0 Å². The fourth-order valence-corrected chi connectivity index (χ4v) is 4.60. The molecule has 4 nitrogen and oxygen atoms in total. The maximum atomic E-state index is 13.5. The molecule has 1 aromatic heterocycles. The Hall–Kier alpha value is -2.56. The van der Waals surface area contributed by atoms with E-state index in [0.717, 1.165) is 29.7 Å². The van der Waals surface area contributed by atoms with Gasteiger partial charge >= 0.3 is 6.03 Å². The molecule has 0 spiro atoms. The summed E-state index contributed by atoms with van der Waals surface area (Å²) in [5.41, 5.74) is 5.02. The van der Waals surface area contributed by atoms with E-state index in [9.17, 15) is 4.79 Å². The quantitative estimate of drug-likeness (QED) is 0.430. The van der Waals surface area contributed by atoms with Crippen molar-refractivity contribution in [1.82, 2.24) is 9.88 Å². The highest BCUT2D eigenvalue weighted by Crippen LogP contribution is 2.36. The van der Waals surface area contributed by atoms with E-state index in [4.69, 9.17) is 23.2 Å². The number of hydrogen-bond acceptors (Lipinski definition) is 2. The predicted molar refractivity (Wildman–Crippen MR) is 132 cm³/mol. The lowest BCUT2D eigenvalue weighted by Gasteiger charge is -2.32. The first kappa shape index (κ1) is 22.6. The Bertz CT molecular complexity index is 1120. The third-order valence-electron chi connectivity index (χ3n) is 5.87. The van der Waals surface area contributed by atoms with Crippen LogP contribution in [-0.4, -0.2) is 22.5 Å². The van der Waals surface area contributed by atoms with Crippen molar-refractivity contribution in [2.24, 2.45) is 0 Å². The predicted octanol–water partition coefficient (Wildman–Crippen LogP) is 7.26. The highest BCUT2D eigenvalue weighted by atomic mass is 35.5. The van der Waals surface area contributed by atoms with E-state index < -0.39 is 0 Å². The standard InChI is InChI=1S/C26H27Cl2N3O/c1-26(2,3)18-10-8-17(9-11-18)24-20-6-4-14-29-22(20)7-5-15-31(24)25(32)30-23-13-12-19(27)16-21(23)28/h4,6,8-14,16,24H,5,7,15H2,1-3H3,(H,30,32). The van der Waals surface area contributed by atoms with Crippen molar-refractivity contribution in [3.05, 3.63) is 93.2 Å². The van der Waals surface area contributed by atoms with Crippen molar-refractivity contribution >= 4 is 34.9 Å². The summed E-state index contributed by atoms with van der Waals surface area (Å²) in [5.74, 6) is 0. The van der Waals surface area contributed by atoms with Crippen LogP contribution in [0.4, 0.5) is 10.5 Å². The molecule has 3 aromatic rings. The lowest BCUT2D eigenvalue weighted by atomic mass is 9.85. The van der Waals surface area contributed by atoms with Crippen LogP contribution in [0.25, 0.3) is 0 Å². The second-order valence-corrected chi connectivity index (χ2v) is 10.0. The number of pyridine rings is 1. The van der Waals surface area contributed by atoms with Crippen molar-refractivity contribution < 1.29 is 4.79 Å². The SMILES string of the molecule is CC(C)(C)c1ccc(C2c3cccnc3CCCN2C(=O)Nc2ccc(Cl)cc2Cl)cc1. The number of nitrogens with one attached hydrogen (secondary N) is 1. The van der Waals surface area contributed by atoms with Gasteiger partial charge in [0.05, 0.1) is 16.8 Å². The summed E-state index contributed by atoms with van der Waals surface area (Å²) in [6, 6.07) is 17.2. The normalized spacial score (nSPS) is 16.3. The summed E-state index contributed by atoms with van der Waals surface area (Å²) in [7, 11) is 0. The molecule has 0 saturated heterocycles. The number of benzene rings is 2. The summed E-state index contributed by atoms with van der Waals surface area (Å²) < 4.78 is 0. The Kier molecular flexibility index (Phi) is 6.45. The van der Waals surface area contributed by atoms with Gasteiger partial charge in [-0.2, -0.15) is 0 Å². The molecular weight excluding hydrogens is 441 g/mol. The molecule has 2 heterocycles. The lowest BCUT2D eigenvalue weighted by molar-refractivity contribution is 0.199. The van der Waals surface area contributed by atoms with Crippen LogP contribution >= 0.6 is 23.2 Å². The number of rotatable bonds is 2. The number of urea groups is 1. The largest absolute Gasteiger partial charge is 0.322 e. The van der Waals surface area contributed by atoms with E-state index >= 15 is 0 Å². The molecule has 1 atom stereocenters. The van der Waals surface area contributed by atoms with Gasteiger partial charge < -0.3 is 10.2 Å². The average Bonchev–Trinajstić information content (AvgIpc) is 2.95. The van der Waals surface area contributed by atoms with Crippen LogP contribution in [0.1, 0.15) is 55.6 Å². The number of carbonyl (C=O) groups is 1. The smallest absolute Gasteiger partial charge is 0.313 e. The maximum absolute atomic E-state index is 13.5. The summed E-state index contributed by atoms with van der Waals surface area (Å²) >= 11 is 12.3. The molecule has 1 unspecified atom stereocenters. The molecule has 0 radical (unpaired) electrons. The van der Waals surface area contributed by atoms with E-state index in [2.05, 4.69) is 61.4 Å². The highest BCUT2D eigenvalue weighted by Gasteiger charge is 2.31. The Morgan fingerprint density at radius 2 is 1.84 bits per heavy atom. The van der Waals surface area contributed by atoms with Gasteiger partial charge in [0.15, 0.2) is 0 Å². The number of anilines is 1. The molecule has 1 N–H and O–H groups in total. The molecule has 166 valence electrons. The Morgan fingerprint density at radius 3 is 2.53 bits per heavy atom. The number of fused-ring (bicyclic) bond motifs is 1. The number of nitrogens with zero attached hydrogens (tertiary/aromatic N) is 2. The van der Waals surface area contributed by atoms with Gasteiger partial charge in [-0.1, -0.05) is 74.3 Å². The minimum atomic E-state index is -0.235. The number of carbonyl (C=O) groups excluding carboxylic acids is 1. The van der Waals surface area contributed by atoms with E-state index in [1.807, 2.05) is 17.2 Å². The molecular formula is C26H27Cl2N3O. The molecule has 0 aliphatic carbocycles. The minimum Gasteiger partial charge on any atom is -0.313 e. The van der Waals surface area contributed by atoms with Crippen LogP contribution < -0.4 is 5.32 Å². The third kappa shape index (κ3) is 4.77. The van der Waals surface area contributed by atoms with E-state index in [-0.39, 0.29) is 17.5 Å². The van der Waals surface area contributed by atoms with Gasteiger partial charge in [-0.05, 0) is 53.6 Å². The first-order valence-corrected chi connectivity index (χ1v) is 11.6. The Morgan fingerprint density at radius 1 is 1.09 bits per heavy atom. The van der Waals surface area contributed by atoms with Gasteiger partial charge in [0.25, 0.3) is 0 Å². The van der Waals surface area contributed by atoms with Crippen molar-refractivity contribution in [3.63, 3.8) is 0 Å².